The first-order chi connectivity index (χ1) is 9.11. The van der Waals surface area contributed by atoms with Gasteiger partial charge in [0.25, 0.3) is 0 Å². The lowest BCUT2D eigenvalue weighted by Crippen LogP contribution is -2.01. The first kappa shape index (κ1) is 13.1. The zero-order chi connectivity index (χ0) is 13.8. The lowest BCUT2D eigenvalue weighted by Gasteiger charge is -2.12. The quantitative estimate of drug-likeness (QED) is 0.884. The van der Waals surface area contributed by atoms with Gasteiger partial charge in [-0.05, 0) is 25.1 Å². The monoisotopic (exact) mass is 258 g/mol. The van der Waals surface area contributed by atoms with Crippen molar-refractivity contribution >= 4 is 5.97 Å². The van der Waals surface area contributed by atoms with Gasteiger partial charge in [0.1, 0.15) is 17.1 Å². The molecule has 2 rings (SSSR count). The van der Waals surface area contributed by atoms with Crippen molar-refractivity contribution in [3.63, 3.8) is 0 Å². The molecule has 0 unspecified atom stereocenters. The fraction of sp³-hybridized carbons (Fsp3) is 0.133. The summed E-state index contributed by atoms with van der Waals surface area (Å²) in [4.78, 5) is 11.2. The summed E-state index contributed by atoms with van der Waals surface area (Å²) >= 11 is 0. The molecule has 0 saturated heterocycles. The van der Waals surface area contributed by atoms with Crippen LogP contribution in [0.5, 0.6) is 11.5 Å². The van der Waals surface area contributed by atoms with E-state index in [9.17, 15) is 9.90 Å². The molecule has 0 fully saturated rings. The Balaban J connectivity index is 2.41. The third-order valence-electron chi connectivity index (χ3n) is 2.73. The van der Waals surface area contributed by atoms with Crippen molar-refractivity contribution in [3.05, 3.63) is 59.2 Å². The number of ether oxygens (including phenoxy) is 1. The van der Waals surface area contributed by atoms with Crippen molar-refractivity contribution in [1.29, 1.82) is 0 Å². The predicted molar refractivity (Wildman–Crippen MR) is 70.6 cm³/mol. The molecule has 0 amide bonds. The van der Waals surface area contributed by atoms with Gasteiger partial charge in [0, 0.05) is 5.56 Å². The van der Waals surface area contributed by atoms with E-state index >= 15 is 0 Å². The van der Waals surface area contributed by atoms with Crippen LogP contribution in [-0.2, 0) is 6.61 Å². The Morgan fingerprint density at radius 1 is 1.16 bits per heavy atom. The fourth-order valence-corrected chi connectivity index (χ4v) is 1.75. The number of rotatable bonds is 4. The molecule has 0 aliphatic carbocycles. The summed E-state index contributed by atoms with van der Waals surface area (Å²) in [5, 5.41) is 18.4. The molecule has 2 aromatic rings. The summed E-state index contributed by atoms with van der Waals surface area (Å²) in [6, 6.07) is 11.9. The van der Waals surface area contributed by atoms with Crippen LogP contribution in [0.4, 0.5) is 0 Å². The first-order valence-corrected chi connectivity index (χ1v) is 5.82. The average molecular weight is 258 g/mol. The van der Waals surface area contributed by atoms with E-state index in [0.29, 0.717) is 11.3 Å². The van der Waals surface area contributed by atoms with Crippen LogP contribution in [0.15, 0.2) is 42.5 Å². The molecule has 2 N–H and O–H groups in total. The molecule has 2 aromatic carbocycles. The molecule has 0 aliphatic heterocycles. The van der Waals surface area contributed by atoms with Gasteiger partial charge in [-0.25, -0.2) is 4.79 Å². The van der Waals surface area contributed by atoms with E-state index in [2.05, 4.69) is 0 Å². The van der Waals surface area contributed by atoms with Gasteiger partial charge in [-0.1, -0.05) is 29.8 Å². The van der Waals surface area contributed by atoms with Crippen molar-refractivity contribution < 1.29 is 19.7 Å². The molecule has 0 radical (unpaired) electrons. The largest absolute Gasteiger partial charge is 0.478 e. The maximum Gasteiger partial charge on any atom is 0.339 e. The van der Waals surface area contributed by atoms with E-state index < -0.39 is 5.97 Å². The van der Waals surface area contributed by atoms with Crippen LogP contribution in [0.1, 0.15) is 21.5 Å². The Labute approximate surface area is 110 Å². The molecular weight excluding hydrogens is 244 g/mol. The maximum atomic E-state index is 11.2. The molecule has 0 atom stereocenters. The minimum Gasteiger partial charge on any atom is -0.478 e. The highest BCUT2D eigenvalue weighted by molar-refractivity contribution is 5.91. The summed E-state index contributed by atoms with van der Waals surface area (Å²) < 4.78 is 5.61. The Hall–Kier alpha value is -2.33. The third kappa shape index (κ3) is 2.92. The normalized spacial score (nSPS) is 10.2. The summed E-state index contributed by atoms with van der Waals surface area (Å²) in [5.41, 5.74) is 1.56. The van der Waals surface area contributed by atoms with Crippen molar-refractivity contribution in [3.8, 4) is 11.5 Å². The Kier molecular flexibility index (Phi) is 3.82. The van der Waals surface area contributed by atoms with Crippen LogP contribution >= 0.6 is 0 Å². The number of benzene rings is 2. The number of carboxylic acids is 1. The van der Waals surface area contributed by atoms with Gasteiger partial charge >= 0.3 is 5.97 Å². The number of aliphatic hydroxyl groups is 1. The highest BCUT2D eigenvalue weighted by Gasteiger charge is 2.13. The number of aliphatic hydroxyl groups excluding tert-OH is 1. The zero-order valence-corrected chi connectivity index (χ0v) is 10.5. The Bertz CT molecular complexity index is 605. The topological polar surface area (TPSA) is 66.8 Å². The van der Waals surface area contributed by atoms with Crippen molar-refractivity contribution in [2.75, 3.05) is 0 Å². The van der Waals surface area contributed by atoms with E-state index in [1.807, 2.05) is 6.92 Å². The average Bonchev–Trinajstić information content (AvgIpc) is 2.41. The minimum atomic E-state index is -1.04. The maximum absolute atomic E-state index is 11.2. The smallest absolute Gasteiger partial charge is 0.339 e. The second-order valence-corrected chi connectivity index (χ2v) is 4.17. The predicted octanol–water partition coefficient (Wildman–Crippen LogP) is 2.98. The van der Waals surface area contributed by atoms with Crippen molar-refractivity contribution in [2.24, 2.45) is 0 Å². The van der Waals surface area contributed by atoms with E-state index in [4.69, 9.17) is 9.84 Å². The second-order valence-electron chi connectivity index (χ2n) is 4.17. The molecule has 19 heavy (non-hydrogen) atoms. The fourth-order valence-electron chi connectivity index (χ4n) is 1.75. The second kappa shape index (κ2) is 5.54. The molecule has 0 aromatic heterocycles. The highest BCUT2D eigenvalue weighted by atomic mass is 16.5. The number of carbonyl (C=O) groups is 1. The van der Waals surface area contributed by atoms with Crippen LogP contribution in [0.25, 0.3) is 0 Å². The molecule has 4 heteroatoms. The van der Waals surface area contributed by atoms with Crippen LogP contribution in [0, 0.1) is 6.92 Å². The van der Waals surface area contributed by atoms with Crippen LogP contribution in [0.2, 0.25) is 0 Å². The highest BCUT2D eigenvalue weighted by Crippen LogP contribution is 2.28. The number of hydrogen-bond acceptors (Lipinski definition) is 3. The lowest BCUT2D eigenvalue weighted by atomic mass is 10.1. The standard InChI is InChI=1S/C15H14O4/c1-10-6-7-14(12(8-10)15(17)18)19-13-5-3-2-4-11(13)9-16/h2-8,16H,9H2,1H3,(H,17,18). The lowest BCUT2D eigenvalue weighted by molar-refractivity contribution is 0.0694. The number of aromatic carboxylic acids is 1. The van der Waals surface area contributed by atoms with E-state index in [0.717, 1.165) is 5.56 Å². The van der Waals surface area contributed by atoms with E-state index in [1.54, 1.807) is 42.5 Å². The van der Waals surface area contributed by atoms with E-state index in [1.165, 1.54) is 0 Å². The summed E-state index contributed by atoms with van der Waals surface area (Å²) in [7, 11) is 0. The zero-order valence-electron chi connectivity index (χ0n) is 10.5. The van der Waals surface area contributed by atoms with Gasteiger partial charge < -0.3 is 14.9 Å². The minimum absolute atomic E-state index is 0.104. The molecule has 0 spiro atoms. The molecule has 0 aliphatic rings. The summed E-state index contributed by atoms with van der Waals surface area (Å²) in [5.74, 6) is -0.324. The van der Waals surface area contributed by atoms with Crippen LogP contribution in [-0.4, -0.2) is 16.2 Å². The van der Waals surface area contributed by atoms with Crippen LogP contribution < -0.4 is 4.74 Å². The molecule has 98 valence electrons. The Morgan fingerprint density at radius 2 is 1.89 bits per heavy atom. The van der Waals surface area contributed by atoms with Crippen molar-refractivity contribution in [2.45, 2.75) is 13.5 Å². The molecule has 0 saturated carbocycles. The van der Waals surface area contributed by atoms with Gasteiger partial charge in [0.2, 0.25) is 0 Å². The van der Waals surface area contributed by atoms with Gasteiger partial charge in [0.15, 0.2) is 0 Å². The molecule has 0 bridgehead atoms. The number of hydrogen-bond donors (Lipinski definition) is 2. The molecule has 4 nitrogen and oxygen atoms in total. The molecule has 0 heterocycles. The van der Waals surface area contributed by atoms with Gasteiger partial charge in [-0.2, -0.15) is 0 Å². The SMILES string of the molecule is Cc1ccc(Oc2ccccc2CO)c(C(=O)O)c1. The Morgan fingerprint density at radius 3 is 2.58 bits per heavy atom. The van der Waals surface area contributed by atoms with Crippen molar-refractivity contribution in [1.82, 2.24) is 0 Å². The van der Waals surface area contributed by atoms with E-state index in [-0.39, 0.29) is 17.9 Å². The summed E-state index contributed by atoms with van der Waals surface area (Å²) in [6.45, 7) is 1.66. The molecular formula is C15H14O4. The summed E-state index contributed by atoms with van der Waals surface area (Å²) in [6.07, 6.45) is 0. The van der Waals surface area contributed by atoms with Gasteiger partial charge in [0.05, 0.1) is 6.61 Å². The van der Waals surface area contributed by atoms with Crippen LogP contribution in [0.3, 0.4) is 0 Å². The van der Waals surface area contributed by atoms with Gasteiger partial charge in [-0.3, -0.25) is 0 Å². The number of carboxylic acid groups (broad SMARTS) is 1. The third-order valence-corrected chi connectivity index (χ3v) is 2.73. The number of aryl methyl sites for hydroxylation is 1. The first-order valence-electron chi connectivity index (χ1n) is 5.82. The van der Waals surface area contributed by atoms with Gasteiger partial charge in [-0.15, -0.1) is 0 Å². The number of para-hydroxylation sites is 1.